The van der Waals surface area contributed by atoms with E-state index in [0.717, 1.165) is 17.0 Å². The maximum atomic E-state index is 12.2. The highest BCUT2D eigenvalue weighted by molar-refractivity contribution is 6.09. The Labute approximate surface area is 161 Å². The first-order chi connectivity index (χ1) is 12.6. The second-order valence-electron chi connectivity index (χ2n) is 7.56. The first-order valence-corrected chi connectivity index (χ1v) is 8.81. The van der Waals surface area contributed by atoms with Crippen LogP contribution >= 0.6 is 0 Å². The van der Waals surface area contributed by atoms with Crippen molar-refractivity contribution in [1.29, 1.82) is 0 Å². The van der Waals surface area contributed by atoms with Crippen LogP contribution in [0, 0.1) is 6.92 Å². The van der Waals surface area contributed by atoms with E-state index in [9.17, 15) is 4.79 Å². The number of hydrogen-bond acceptors (Lipinski definition) is 5. The summed E-state index contributed by atoms with van der Waals surface area (Å²) >= 11 is 0. The molecule has 0 aliphatic heterocycles. The molecule has 2 aromatic rings. The van der Waals surface area contributed by atoms with Gasteiger partial charge in [-0.05, 0) is 45.9 Å². The Morgan fingerprint density at radius 2 is 1.96 bits per heavy atom. The predicted octanol–water partition coefficient (Wildman–Crippen LogP) is 3.07. The summed E-state index contributed by atoms with van der Waals surface area (Å²) in [6.45, 7) is 9.48. The fourth-order valence-corrected chi connectivity index (χ4v) is 2.75. The molecule has 0 radical (unpaired) electrons. The Balaban J connectivity index is 2.55. The third-order valence-corrected chi connectivity index (χ3v) is 3.83. The van der Waals surface area contributed by atoms with Gasteiger partial charge < -0.3 is 9.80 Å². The summed E-state index contributed by atoms with van der Waals surface area (Å²) in [6.07, 6.45) is 5.42. The van der Waals surface area contributed by atoms with Gasteiger partial charge in [0.1, 0.15) is 6.33 Å². The van der Waals surface area contributed by atoms with Crippen LogP contribution in [0.1, 0.15) is 39.1 Å². The Morgan fingerprint density at radius 1 is 1.26 bits per heavy atom. The van der Waals surface area contributed by atoms with Crippen LogP contribution in [0.4, 0.5) is 5.69 Å². The molecule has 0 fully saturated rings. The zero-order chi connectivity index (χ0) is 20.2. The van der Waals surface area contributed by atoms with E-state index in [0.29, 0.717) is 5.82 Å². The molecule has 0 aliphatic rings. The fourth-order valence-electron chi connectivity index (χ4n) is 2.75. The van der Waals surface area contributed by atoms with Crippen molar-refractivity contribution in [2.24, 2.45) is 5.10 Å². The van der Waals surface area contributed by atoms with E-state index in [1.165, 1.54) is 0 Å². The van der Waals surface area contributed by atoms with Crippen LogP contribution < -0.4 is 4.90 Å². The van der Waals surface area contributed by atoms with Gasteiger partial charge in [0.25, 0.3) is 0 Å². The summed E-state index contributed by atoms with van der Waals surface area (Å²) in [4.78, 5) is 16.0. The fraction of sp³-hybridized carbons (Fsp3) is 0.400. The minimum Gasteiger partial charge on any atom is -0.383 e. The average Bonchev–Trinajstić information content (AvgIpc) is 2.94. The van der Waals surface area contributed by atoms with Crippen molar-refractivity contribution >= 4 is 17.3 Å². The summed E-state index contributed by atoms with van der Waals surface area (Å²) in [7, 11) is 3.90. The van der Waals surface area contributed by atoms with Gasteiger partial charge in [0.2, 0.25) is 5.91 Å². The molecule has 1 aromatic carbocycles. The molecule has 7 nitrogen and oxygen atoms in total. The SMILES string of the molecule is CC(=O)N(c1cccc(C(/C=C/N(C)C)=N/n2cnnc2C)c1)C(C)(C)C. The van der Waals surface area contributed by atoms with E-state index in [4.69, 9.17) is 0 Å². The van der Waals surface area contributed by atoms with Gasteiger partial charge in [0.05, 0.1) is 5.71 Å². The van der Waals surface area contributed by atoms with Crippen LogP contribution in [0.3, 0.4) is 0 Å². The van der Waals surface area contributed by atoms with Gasteiger partial charge in [-0.1, -0.05) is 12.1 Å². The summed E-state index contributed by atoms with van der Waals surface area (Å²) in [5, 5.41) is 12.5. The van der Waals surface area contributed by atoms with Crippen LogP contribution in [0.25, 0.3) is 0 Å². The molecule has 144 valence electrons. The topological polar surface area (TPSA) is 66.6 Å². The summed E-state index contributed by atoms with van der Waals surface area (Å²) in [6, 6.07) is 7.83. The molecule has 1 heterocycles. The lowest BCUT2D eigenvalue weighted by atomic mass is 10.0. The zero-order valence-electron chi connectivity index (χ0n) is 17.1. The number of benzene rings is 1. The minimum absolute atomic E-state index is 0.00312. The van der Waals surface area contributed by atoms with Crippen molar-refractivity contribution < 1.29 is 4.79 Å². The van der Waals surface area contributed by atoms with E-state index in [-0.39, 0.29) is 11.4 Å². The van der Waals surface area contributed by atoms with Gasteiger partial charge in [0.15, 0.2) is 5.82 Å². The molecule has 2 rings (SSSR count). The number of carbonyl (C=O) groups excluding carboxylic acids is 1. The van der Waals surface area contributed by atoms with Crippen LogP contribution in [-0.4, -0.2) is 51.0 Å². The Hall–Kier alpha value is -2.96. The van der Waals surface area contributed by atoms with Gasteiger partial charge in [-0.2, -0.15) is 5.10 Å². The molecule has 7 heteroatoms. The monoisotopic (exact) mass is 368 g/mol. The number of aryl methyl sites for hydroxylation is 1. The molecular formula is C20H28N6O. The molecule has 1 amide bonds. The normalized spacial score (nSPS) is 12.5. The molecule has 0 N–H and O–H groups in total. The second kappa shape index (κ2) is 8.16. The van der Waals surface area contributed by atoms with E-state index >= 15 is 0 Å². The molecule has 0 spiro atoms. The van der Waals surface area contributed by atoms with Crippen molar-refractivity contribution in [1.82, 2.24) is 19.8 Å². The quantitative estimate of drug-likeness (QED) is 0.761. The van der Waals surface area contributed by atoms with Crippen molar-refractivity contribution in [3.8, 4) is 0 Å². The Kier molecular flexibility index (Phi) is 6.15. The van der Waals surface area contributed by atoms with E-state index in [1.54, 1.807) is 22.8 Å². The third-order valence-electron chi connectivity index (χ3n) is 3.83. The van der Waals surface area contributed by atoms with E-state index in [1.807, 2.05) is 83.2 Å². The number of hydrogen-bond donors (Lipinski definition) is 0. The largest absolute Gasteiger partial charge is 0.383 e. The smallest absolute Gasteiger partial charge is 0.224 e. The van der Waals surface area contributed by atoms with Crippen LogP contribution in [0.2, 0.25) is 0 Å². The molecule has 27 heavy (non-hydrogen) atoms. The first-order valence-electron chi connectivity index (χ1n) is 8.81. The van der Waals surface area contributed by atoms with Gasteiger partial charge in [-0.3, -0.25) is 4.79 Å². The summed E-state index contributed by atoms with van der Waals surface area (Å²) < 4.78 is 1.63. The standard InChI is InChI=1S/C20H28N6O/c1-15-22-21-14-25(15)23-19(11-12-24(6)7)17-9-8-10-18(13-17)26(16(2)27)20(3,4)5/h8-14H,1-7H3/b12-11+,23-19+. The predicted molar refractivity (Wildman–Crippen MR) is 109 cm³/mol. The van der Waals surface area contributed by atoms with Crippen molar-refractivity contribution in [2.45, 2.75) is 40.2 Å². The van der Waals surface area contributed by atoms with E-state index < -0.39 is 0 Å². The van der Waals surface area contributed by atoms with Gasteiger partial charge >= 0.3 is 0 Å². The maximum Gasteiger partial charge on any atom is 0.224 e. The Morgan fingerprint density at radius 3 is 2.48 bits per heavy atom. The minimum atomic E-state index is -0.327. The van der Waals surface area contributed by atoms with Crippen LogP contribution in [-0.2, 0) is 4.79 Å². The first kappa shape index (κ1) is 20.4. The van der Waals surface area contributed by atoms with Gasteiger partial charge in [0, 0.05) is 44.0 Å². The second-order valence-corrected chi connectivity index (χ2v) is 7.56. The van der Waals surface area contributed by atoms with Crippen LogP contribution in [0.5, 0.6) is 0 Å². The van der Waals surface area contributed by atoms with Gasteiger partial charge in [-0.25, -0.2) is 4.68 Å². The molecular weight excluding hydrogens is 340 g/mol. The lowest BCUT2D eigenvalue weighted by molar-refractivity contribution is -0.117. The molecule has 0 saturated heterocycles. The molecule has 0 aliphatic carbocycles. The van der Waals surface area contributed by atoms with Gasteiger partial charge in [-0.15, -0.1) is 10.2 Å². The molecule has 0 bridgehead atoms. The van der Waals surface area contributed by atoms with Crippen LogP contribution in [0.15, 0.2) is 48.0 Å². The molecule has 0 saturated carbocycles. The average molecular weight is 368 g/mol. The third kappa shape index (κ3) is 5.26. The van der Waals surface area contributed by atoms with Crippen molar-refractivity contribution in [2.75, 3.05) is 19.0 Å². The van der Waals surface area contributed by atoms with Crippen molar-refractivity contribution in [3.05, 3.63) is 54.3 Å². The number of rotatable bonds is 5. The molecule has 0 atom stereocenters. The summed E-state index contributed by atoms with van der Waals surface area (Å²) in [5.74, 6) is 0.693. The maximum absolute atomic E-state index is 12.2. The molecule has 0 unspecified atom stereocenters. The van der Waals surface area contributed by atoms with E-state index in [2.05, 4.69) is 15.3 Å². The number of allylic oxidation sites excluding steroid dienone is 1. The highest BCUT2D eigenvalue weighted by atomic mass is 16.2. The molecule has 1 aromatic heterocycles. The number of amides is 1. The Bertz CT molecular complexity index is 857. The summed E-state index contributed by atoms with van der Waals surface area (Å²) in [5.41, 5.74) is 2.14. The lowest BCUT2D eigenvalue weighted by Crippen LogP contribution is -2.44. The lowest BCUT2D eigenvalue weighted by Gasteiger charge is -2.35. The number of nitrogens with zero attached hydrogens (tertiary/aromatic N) is 6. The number of aromatic nitrogens is 3. The number of carbonyl (C=O) groups is 1. The highest BCUT2D eigenvalue weighted by Gasteiger charge is 2.25. The highest BCUT2D eigenvalue weighted by Crippen LogP contribution is 2.25. The number of anilines is 1. The zero-order valence-corrected chi connectivity index (χ0v) is 17.1. The van der Waals surface area contributed by atoms with Crippen molar-refractivity contribution in [3.63, 3.8) is 0 Å².